The Morgan fingerprint density at radius 2 is 1.71 bits per heavy atom. The van der Waals surface area contributed by atoms with Crippen molar-refractivity contribution in [1.29, 1.82) is 0 Å². The summed E-state index contributed by atoms with van der Waals surface area (Å²) in [6, 6.07) is 13.1. The van der Waals surface area contributed by atoms with Gasteiger partial charge in [0.05, 0.1) is 17.9 Å². The second-order valence-corrected chi connectivity index (χ2v) is 8.14. The van der Waals surface area contributed by atoms with Crippen molar-refractivity contribution >= 4 is 27.9 Å². The van der Waals surface area contributed by atoms with E-state index >= 15 is 0 Å². The van der Waals surface area contributed by atoms with Gasteiger partial charge in [0.25, 0.3) is 15.9 Å². The predicted octanol–water partition coefficient (Wildman–Crippen LogP) is 0.963. The highest BCUT2D eigenvalue weighted by atomic mass is 32.2. The summed E-state index contributed by atoms with van der Waals surface area (Å²) in [5.41, 5.74) is 1.67. The van der Waals surface area contributed by atoms with Crippen LogP contribution >= 0.6 is 0 Å². The first-order chi connectivity index (χ1) is 13.3. The minimum Gasteiger partial charge on any atom is -0.342 e. The molecule has 8 nitrogen and oxygen atoms in total. The maximum atomic E-state index is 12.2. The van der Waals surface area contributed by atoms with Crippen molar-refractivity contribution in [3.05, 3.63) is 65.7 Å². The summed E-state index contributed by atoms with van der Waals surface area (Å²) >= 11 is 0. The molecule has 1 aliphatic heterocycles. The zero-order valence-corrected chi connectivity index (χ0v) is 15.9. The van der Waals surface area contributed by atoms with E-state index in [9.17, 15) is 22.8 Å². The number of amides is 4. The van der Waals surface area contributed by atoms with Crippen LogP contribution in [0.15, 0.2) is 59.5 Å². The first-order valence-electron chi connectivity index (χ1n) is 8.54. The van der Waals surface area contributed by atoms with Gasteiger partial charge in [-0.15, -0.1) is 0 Å². The minimum absolute atomic E-state index is 0.0767. The van der Waals surface area contributed by atoms with Crippen LogP contribution in [0.4, 0.5) is 4.79 Å². The average molecular weight is 401 g/mol. The summed E-state index contributed by atoms with van der Waals surface area (Å²) in [4.78, 5) is 36.9. The number of aryl methyl sites for hydroxylation is 1. The van der Waals surface area contributed by atoms with Crippen LogP contribution in [0.5, 0.6) is 0 Å². The van der Waals surface area contributed by atoms with Gasteiger partial charge in [-0.05, 0) is 24.6 Å². The van der Waals surface area contributed by atoms with Crippen LogP contribution in [0, 0.1) is 6.92 Å². The third-order valence-corrected chi connectivity index (χ3v) is 5.61. The third kappa shape index (κ3) is 4.37. The van der Waals surface area contributed by atoms with Gasteiger partial charge < -0.3 is 5.32 Å². The predicted molar refractivity (Wildman–Crippen MR) is 101 cm³/mol. The summed E-state index contributed by atoms with van der Waals surface area (Å²) in [5, 5.41) is 2.54. The molecule has 3 rings (SSSR count). The SMILES string of the molecule is Cc1ccc(S(=O)(=O)NC(=O)N2CC(NC(=O)Cc3ccccc3)C2=O)cc1. The van der Waals surface area contributed by atoms with E-state index < -0.39 is 28.0 Å². The smallest absolute Gasteiger partial charge is 0.338 e. The Balaban J connectivity index is 1.53. The van der Waals surface area contributed by atoms with Gasteiger partial charge in [-0.25, -0.2) is 17.9 Å². The molecular weight excluding hydrogens is 382 g/mol. The van der Waals surface area contributed by atoms with E-state index in [-0.39, 0.29) is 23.8 Å². The van der Waals surface area contributed by atoms with Crippen molar-refractivity contribution < 1.29 is 22.8 Å². The molecule has 0 bridgehead atoms. The normalized spacial score (nSPS) is 16.2. The Kier molecular flexibility index (Phi) is 5.46. The van der Waals surface area contributed by atoms with Gasteiger partial charge >= 0.3 is 6.03 Å². The highest BCUT2D eigenvalue weighted by Gasteiger charge is 2.42. The molecule has 146 valence electrons. The van der Waals surface area contributed by atoms with Crippen molar-refractivity contribution in [2.75, 3.05) is 6.54 Å². The Bertz CT molecular complexity index is 1000. The molecule has 1 aliphatic rings. The Morgan fingerprint density at radius 1 is 1.07 bits per heavy atom. The van der Waals surface area contributed by atoms with E-state index in [1.807, 2.05) is 10.8 Å². The van der Waals surface area contributed by atoms with Crippen LogP contribution in [0.2, 0.25) is 0 Å². The molecule has 0 aliphatic carbocycles. The maximum absolute atomic E-state index is 12.2. The summed E-state index contributed by atoms with van der Waals surface area (Å²) in [5.74, 6) is -1.00. The summed E-state index contributed by atoms with van der Waals surface area (Å²) in [6.45, 7) is 1.72. The van der Waals surface area contributed by atoms with Crippen LogP contribution in [0.1, 0.15) is 11.1 Å². The third-order valence-electron chi connectivity index (χ3n) is 4.27. The molecule has 4 amide bonds. The number of imide groups is 1. The molecule has 1 saturated heterocycles. The zero-order valence-electron chi connectivity index (χ0n) is 15.1. The fourth-order valence-electron chi connectivity index (χ4n) is 2.69. The summed E-state index contributed by atoms with van der Waals surface area (Å²) in [7, 11) is -4.08. The van der Waals surface area contributed by atoms with Gasteiger partial charge in [-0.1, -0.05) is 48.0 Å². The first-order valence-corrected chi connectivity index (χ1v) is 10.0. The van der Waals surface area contributed by atoms with E-state index in [2.05, 4.69) is 5.32 Å². The lowest BCUT2D eigenvalue weighted by Crippen LogP contribution is -2.67. The number of nitrogens with one attached hydrogen (secondary N) is 2. The number of β-lactam (4-membered cyclic amide) rings is 1. The number of sulfonamides is 1. The average Bonchev–Trinajstić information content (AvgIpc) is 2.65. The lowest BCUT2D eigenvalue weighted by molar-refractivity contribution is -0.142. The van der Waals surface area contributed by atoms with Crippen molar-refractivity contribution in [1.82, 2.24) is 14.9 Å². The van der Waals surface area contributed by atoms with E-state index in [4.69, 9.17) is 0 Å². The summed E-state index contributed by atoms with van der Waals surface area (Å²) in [6.07, 6.45) is 0.110. The fraction of sp³-hybridized carbons (Fsp3) is 0.211. The van der Waals surface area contributed by atoms with Gasteiger partial charge in [0.15, 0.2) is 0 Å². The quantitative estimate of drug-likeness (QED) is 0.725. The van der Waals surface area contributed by atoms with Crippen molar-refractivity contribution in [2.45, 2.75) is 24.3 Å². The number of likely N-dealkylation sites (tertiary alicyclic amines) is 1. The molecular formula is C19H19N3O5S. The molecule has 9 heteroatoms. The molecule has 2 aromatic carbocycles. The van der Waals surface area contributed by atoms with Crippen molar-refractivity contribution in [3.8, 4) is 0 Å². The van der Waals surface area contributed by atoms with E-state index in [0.29, 0.717) is 0 Å². The van der Waals surface area contributed by atoms with Crippen molar-refractivity contribution in [3.63, 3.8) is 0 Å². The summed E-state index contributed by atoms with van der Waals surface area (Å²) < 4.78 is 26.3. The molecule has 0 radical (unpaired) electrons. The number of rotatable bonds is 5. The lowest BCUT2D eigenvalue weighted by Gasteiger charge is -2.36. The zero-order chi connectivity index (χ0) is 20.3. The number of urea groups is 1. The number of hydrogen-bond donors (Lipinski definition) is 2. The standard InChI is InChI=1S/C19H19N3O5S/c1-13-7-9-15(10-8-13)28(26,27)21-19(25)22-12-16(18(22)24)20-17(23)11-14-5-3-2-4-6-14/h2-10,16H,11-12H2,1H3,(H,20,23)(H,21,25). The van der Waals surface area contributed by atoms with Gasteiger partial charge in [-0.2, -0.15) is 0 Å². The molecule has 0 aromatic heterocycles. The second-order valence-electron chi connectivity index (χ2n) is 6.46. The van der Waals surface area contributed by atoms with E-state index in [0.717, 1.165) is 16.0 Å². The molecule has 1 atom stereocenters. The Labute approximate surface area is 162 Å². The highest BCUT2D eigenvalue weighted by Crippen LogP contribution is 2.14. The van der Waals surface area contributed by atoms with Crippen LogP contribution in [0.25, 0.3) is 0 Å². The van der Waals surface area contributed by atoms with Gasteiger partial charge in [-0.3, -0.25) is 14.5 Å². The molecule has 1 unspecified atom stereocenters. The Morgan fingerprint density at radius 3 is 2.32 bits per heavy atom. The molecule has 1 fully saturated rings. The molecule has 2 aromatic rings. The molecule has 0 spiro atoms. The number of hydrogen-bond acceptors (Lipinski definition) is 5. The lowest BCUT2D eigenvalue weighted by atomic mass is 10.1. The van der Waals surface area contributed by atoms with Crippen molar-refractivity contribution in [2.24, 2.45) is 0 Å². The number of carbonyl (C=O) groups is 3. The second kappa shape index (κ2) is 7.81. The van der Waals surface area contributed by atoms with Crippen LogP contribution in [-0.4, -0.2) is 43.7 Å². The molecule has 1 heterocycles. The van der Waals surface area contributed by atoms with Crippen LogP contribution in [0.3, 0.4) is 0 Å². The van der Waals surface area contributed by atoms with E-state index in [1.165, 1.54) is 12.1 Å². The molecule has 28 heavy (non-hydrogen) atoms. The van der Waals surface area contributed by atoms with Crippen LogP contribution < -0.4 is 10.0 Å². The monoisotopic (exact) mass is 401 g/mol. The fourth-order valence-corrected chi connectivity index (χ4v) is 3.64. The maximum Gasteiger partial charge on any atom is 0.338 e. The van der Waals surface area contributed by atoms with Gasteiger partial charge in [0.1, 0.15) is 6.04 Å². The number of carbonyl (C=O) groups excluding carboxylic acids is 3. The topological polar surface area (TPSA) is 113 Å². The Hall–Kier alpha value is -3.20. The minimum atomic E-state index is -4.08. The largest absolute Gasteiger partial charge is 0.342 e. The molecule has 0 saturated carbocycles. The van der Waals surface area contributed by atoms with E-state index in [1.54, 1.807) is 43.3 Å². The number of nitrogens with zero attached hydrogens (tertiary/aromatic N) is 1. The van der Waals surface area contributed by atoms with Gasteiger partial charge in [0.2, 0.25) is 5.91 Å². The number of benzene rings is 2. The molecule has 2 N–H and O–H groups in total. The first kappa shape index (κ1) is 19.6. The highest BCUT2D eigenvalue weighted by molar-refractivity contribution is 7.90. The van der Waals surface area contributed by atoms with Crippen LogP contribution in [-0.2, 0) is 26.0 Å². The van der Waals surface area contributed by atoms with Gasteiger partial charge in [0, 0.05) is 0 Å².